The molecule has 1 aromatic heterocycles. The van der Waals surface area contributed by atoms with Crippen molar-refractivity contribution in [3.63, 3.8) is 0 Å². The number of rotatable bonds is 4. The van der Waals surface area contributed by atoms with Crippen molar-refractivity contribution in [3.05, 3.63) is 100 Å². The van der Waals surface area contributed by atoms with Gasteiger partial charge in [-0.3, -0.25) is 0 Å². The molecule has 1 fully saturated rings. The Kier molecular flexibility index (Phi) is 12.2. The van der Waals surface area contributed by atoms with Crippen molar-refractivity contribution in [1.29, 1.82) is 0 Å². The molecule has 1 saturated carbocycles. The molecule has 1 aliphatic carbocycles. The molecule has 0 radical (unpaired) electrons. The normalized spacial score (nSPS) is 18.5. The van der Waals surface area contributed by atoms with Gasteiger partial charge in [0.1, 0.15) is 78.5 Å². The molecular weight excluding hydrogens is 962 g/mol. The van der Waals surface area contributed by atoms with Crippen molar-refractivity contribution >= 4 is 233 Å². The summed E-state index contributed by atoms with van der Waals surface area (Å²) in [6, 6.07) is 28.2. The van der Waals surface area contributed by atoms with Crippen LogP contribution in [0, 0.1) is 13.8 Å². The van der Waals surface area contributed by atoms with Crippen LogP contribution in [0.1, 0.15) is 135 Å². The van der Waals surface area contributed by atoms with Crippen LogP contribution in [0.2, 0.25) is 0 Å². The smallest absolute Gasteiger partial charge is 0.252 e. The zero-order valence-electron chi connectivity index (χ0n) is 52.5. The predicted octanol–water partition coefficient (Wildman–Crippen LogP) is -1.03. The van der Waals surface area contributed by atoms with Crippen LogP contribution < -0.4 is 85.7 Å². The van der Waals surface area contributed by atoms with Crippen molar-refractivity contribution in [2.75, 3.05) is 14.7 Å². The minimum Gasteiger partial charge on any atom is -0.335 e. The molecule has 0 saturated heterocycles. The number of fused-ring (bicyclic) bond motifs is 11. The van der Waals surface area contributed by atoms with Crippen LogP contribution in [0.15, 0.2) is 66.7 Å². The van der Waals surface area contributed by atoms with Crippen LogP contribution in [-0.2, 0) is 21.7 Å². The predicted molar refractivity (Wildman–Crippen MR) is 384 cm³/mol. The standard InChI is InChI=1S/C64H78B11N3S/c1-29-22-32(61(6,7)8)23-30(2)54(29)77-40-27-34(76(57-49(71)45(67)43(65)46(68)50(57)72)58-51(73)47(69)44(66)48(70)52(58)74)28-41-53(40)75(38-19-18-36-35-17-16-31(60(3,4)5)26-42(35)79-59(36)56(38)77)39-25-33(62(9,10)11)24-37-55(39)78(41)64(13)21-15-14-20-63(37,64)12/h16-19,22-28H,14-15,20-21,65-74H2,1-13H3. The highest BCUT2D eigenvalue weighted by Gasteiger charge is 2.62. The average molecular weight is 1040 g/mol. The Balaban J connectivity index is 1.32. The summed E-state index contributed by atoms with van der Waals surface area (Å²) < 4.78 is 2.74. The van der Waals surface area contributed by atoms with Crippen molar-refractivity contribution in [2.24, 2.45) is 0 Å². The Morgan fingerprint density at radius 3 is 1.54 bits per heavy atom. The molecule has 3 nitrogen and oxygen atoms in total. The molecule has 12 rings (SSSR count). The lowest BCUT2D eigenvalue weighted by molar-refractivity contribution is 0.195. The highest BCUT2D eigenvalue weighted by atomic mass is 32.1. The van der Waals surface area contributed by atoms with Gasteiger partial charge in [0, 0.05) is 49.3 Å². The van der Waals surface area contributed by atoms with Gasteiger partial charge in [-0.15, -0.1) is 22.3 Å². The summed E-state index contributed by atoms with van der Waals surface area (Å²) >= 11 is 2.01. The van der Waals surface area contributed by atoms with Crippen LogP contribution in [-0.4, -0.2) is 90.7 Å². The van der Waals surface area contributed by atoms with E-state index in [1.165, 1.54) is 184 Å². The second kappa shape index (κ2) is 17.7. The SMILES string of the molecule is Bc1c(B)c(B)c(N(c2cc3c4c(c2)N2c5c(cc(C(C)(C)C)cc5C5(C)CCCCC25C)B4c2ccc4c(sc5cc(C(C)(C)C)ccc54)c2N3c2c(C)cc(C(C)(C)C)cc2C)c2c(B)c(B)c(B)c(B)c2B)c(B)c1B. The van der Waals surface area contributed by atoms with E-state index in [2.05, 4.69) is 250 Å². The summed E-state index contributed by atoms with van der Waals surface area (Å²) in [4.78, 5) is 8.55. The molecule has 2 unspecified atom stereocenters. The molecule has 79 heavy (non-hydrogen) atoms. The fourth-order valence-electron chi connectivity index (χ4n) is 15.6. The first kappa shape index (κ1) is 54.5. The number of thiophene rings is 1. The maximum absolute atomic E-state index is 2.97. The van der Waals surface area contributed by atoms with Crippen LogP contribution >= 0.6 is 11.3 Å². The van der Waals surface area contributed by atoms with Crippen LogP contribution in [0.4, 0.5) is 45.5 Å². The molecule has 0 spiro atoms. The minimum absolute atomic E-state index is 0.00674. The Morgan fingerprint density at radius 2 is 1.00 bits per heavy atom. The van der Waals surface area contributed by atoms with E-state index in [-0.39, 0.29) is 33.9 Å². The third kappa shape index (κ3) is 7.50. The maximum Gasteiger partial charge on any atom is 0.252 e. The van der Waals surface area contributed by atoms with Crippen LogP contribution in [0.25, 0.3) is 20.2 Å². The van der Waals surface area contributed by atoms with E-state index in [9.17, 15) is 0 Å². The largest absolute Gasteiger partial charge is 0.335 e. The summed E-state index contributed by atoms with van der Waals surface area (Å²) in [6.07, 6.45) is 4.80. The molecule has 4 heterocycles. The van der Waals surface area contributed by atoms with E-state index in [0.717, 1.165) is 6.42 Å². The molecular formula is C64H78B11N3S. The van der Waals surface area contributed by atoms with Crippen molar-refractivity contribution < 1.29 is 0 Å². The number of nitrogens with zero attached hydrogens (tertiary/aromatic N) is 3. The van der Waals surface area contributed by atoms with Gasteiger partial charge in [0.2, 0.25) is 0 Å². The minimum atomic E-state index is -0.155. The van der Waals surface area contributed by atoms with Gasteiger partial charge in [0.05, 0.1) is 27.3 Å². The van der Waals surface area contributed by atoms with E-state index in [1.807, 2.05) is 11.3 Å². The van der Waals surface area contributed by atoms with Crippen molar-refractivity contribution in [3.8, 4) is 0 Å². The third-order valence-electron chi connectivity index (χ3n) is 21.6. The molecule has 7 aromatic carbocycles. The monoisotopic (exact) mass is 1040 g/mol. The number of aryl methyl sites for hydroxylation is 2. The van der Waals surface area contributed by atoms with Crippen LogP contribution in [0.3, 0.4) is 0 Å². The first-order valence-electron chi connectivity index (χ1n) is 29.9. The molecule has 0 N–H and O–H groups in total. The fourth-order valence-corrected chi connectivity index (χ4v) is 16.9. The number of hydrogen-bond donors (Lipinski definition) is 0. The molecule has 3 aliphatic heterocycles. The Labute approximate surface area is 487 Å². The lowest BCUT2D eigenvalue weighted by atomic mass is 9.33. The van der Waals surface area contributed by atoms with Gasteiger partial charge in [0.15, 0.2) is 0 Å². The topological polar surface area (TPSA) is 9.72 Å². The molecule has 0 bridgehead atoms. The van der Waals surface area contributed by atoms with Gasteiger partial charge in [-0.25, -0.2) is 0 Å². The van der Waals surface area contributed by atoms with Gasteiger partial charge in [-0.05, 0) is 118 Å². The molecule has 4 aliphatic rings. The zero-order chi connectivity index (χ0) is 57.0. The first-order valence-corrected chi connectivity index (χ1v) is 30.7. The Hall–Kier alpha value is -5.13. The molecule has 15 heteroatoms. The summed E-state index contributed by atoms with van der Waals surface area (Å²) in [5, 5.41) is 2.69. The second-order valence-corrected chi connectivity index (χ2v) is 30.0. The van der Waals surface area contributed by atoms with Crippen molar-refractivity contribution in [1.82, 2.24) is 0 Å². The Bertz CT molecular complexity index is 3880. The lowest BCUT2D eigenvalue weighted by Gasteiger charge is -2.53. The van der Waals surface area contributed by atoms with Gasteiger partial charge >= 0.3 is 0 Å². The van der Waals surface area contributed by atoms with Gasteiger partial charge in [0.25, 0.3) is 6.71 Å². The van der Waals surface area contributed by atoms with E-state index in [0.29, 0.717) is 0 Å². The highest BCUT2D eigenvalue weighted by molar-refractivity contribution is 7.26. The molecule has 0 amide bonds. The molecule has 8 aromatic rings. The maximum atomic E-state index is 2.97. The Morgan fingerprint density at radius 1 is 0.506 bits per heavy atom. The highest BCUT2D eigenvalue weighted by Crippen LogP contribution is 2.63. The number of benzene rings is 7. The summed E-state index contributed by atoms with van der Waals surface area (Å²) in [5.74, 6) is 0. The van der Waals surface area contributed by atoms with Crippen molar-refractivity contribution in [2.45, 2.75) is 143 Å². The fraction of sp³-hybridized carbons (Fsp3) is 0.344. The van der Waals surface area contributed by atoms with Crippen LogP contribution in [0.5, 0.6) is 0 Å². The lowest BCUT2D eigenvalue weighted by Crippen LogP contribution is -2.64. The van der Waals surface area contributed by atoms with E-state index < -0.39 is 0 Å². The summed E-state index contributed by atoms with van der Waals surface area (Å²) in [7, 11) is 23.7. The van der Waals surface area contributed by atoms with Gasteiger partial charge < -0.3 is 14.7 Å². The first-order chi connectivity index (χ1) is 36.8. The molecule has 388 valence electrons. The van der Waals surface area contributed by atoms with Gasteiger partial charge in [-0.2, -0.15) is 0 Å². The third-order valence-corrected chi connectivity index (χ3v) is 22.7. The van der Waals surface area contributed by atoms with E-state index in [4.69, 9.17) is 0 Å². The van der Waals surface area contributed by atoms with E-state index in [1.54, 1.807) is 5.56 Å². The quantitative estimate of drug-likeness (QED) is 0.210. The van der Waals surface area contributed by atoms with E-state index >= 15 is 0 Å². The number of hydrogen-bond acceptors (Lipinski definition) is 4. The second-order valence-electron chi connectivity index (χ2n) is 29.0. The summed E-state index contributed by atoms with van der Waals surface area (Å²) in [6.45, 7) is 31.6. The zero-order valence-corrected chi connectivity index (χ0v) is 53.3. The average Bonchev–Trinajstić information content (AvgIpc) is 2.55. The van der Waals surface area contributed by atoms with Gasteiger partial charge in [-0.1, -0.05) is 174 Å². The molecule has 2 atom stereocenters. The summed E-state index contributed by atoms with van der Waals surface area (Å²) in [5.41, 5.74) is 36.8. The number of anilines is 8.